The van der Waals surface area contributed by atoms with Gasteiger partial charge in [0.2, 0.25) is 0 Å². The van der Waals surface area contributed by atoms with Crippen molar-refractivity contribution in [3.8, 4) is 11.5 Å². The minimum absolute atomic E-state index is 0.0694. The largest absolute Gasteiger partial charge is 0.497 e. The molecular weight excluding hydrogens is 240 g/mol. The lowest BCUT2D eigenvalue weighted by molar-refractivity contribution is 0.0769. The number of hydrogen-bond donors (Lipinski definition) is 1. The van der Waals surface area contributed by atoms with Crippen molar-refractivity contribution in [2.75, 3.05) is 13.7 Å². The first-order chi connectivity index (χ1) is 9.29. The minimum Gasteiger partial charge on any atom is -0.497 e. The molecule has 1 aliphatic rings. The van der Waals surface area contributed by atoms with Gasteiger partial charge in [-0.15, -0.1) is 0 Å². The van der Waals surface area contributed by atoms with Gasteiger partial charge in [-0.05, 0) is 23.8 Å². The fourth-order valence-electron chi connectivity index (χ4n) is 2.57. The summed E-state index contributed by atoms with van der Waals surface area (Å²) in [6.45, 7) is 0.318. The van der Waals surface area contributed by atoms with E-state index in [2.05, 4.69) is 0 Å². The second-order valence-electron chi connectivity index (χ2n) is 4.67. The average Bonchev–Trinajstić information content (AvgIpc) is 2.47. The lowest BCUT2D eigenvalue weighted by atomic mass is 9.85. The van der Waals surface area contributed by atoms with E-state index in [4.69, 9.17) is 9.47 Å². The van der Waals surface area contributed by atoms with Crippen LogP contribution in [-0.2, 0) is 0 Å². The molecule has 2 aromatic rings. The molecule has 2 atom stereocenters. The summed E-state index contributed by atoms with van der Waals surface area (Å²) in [5.74, 6) is 1.53. The molecule has 3 rings (SSSR count). The summed E-state index contributed by atoms with van der Waals surface area (Å²) in [5.41, 5.74) is 2.07. The van der Waals surface area contributed by atoms with E-state index >= 15 is 0 Å². The Kier molecular flexibility index (Phi) is 3.13. The smallest absolute Gasteiger partial charge is 0.123 e. The van der Waals surface area contributed by atoms with Crippen LogP contribution in [0.1, 0.15) is 17.0 Å². The van der Waals surface area contributed by atoms with Crippen molar-refractivity contribution in [2.24, 2.45) is 0 Å². The maximum Gasteiger partial charge on any atom is 0.123 e. The molecule has 0 aliphatic carbocycles. The topological polar surface area (TPSA) is 38.7 Å². The number of aliphatic hydroxyl groups is 1. The molecule has 0 saturated carbocycles. The Morgan fingerprint density at radius 3 is 2.68 bits per heavy atom. The molecule has 0 saturated heterocycles. The number of methoxy groups -OCH3 is 1. The predicted octanol–water partition coefficient (Wildman–Crippen LogP) is 2.58. The number of fused-ring (bicyclic) bond motifs is 1. The highest BCUT2D eigenvalue weighted by Crippen LogP contribution is 2.40. The Labute approximate surface area is 112 Å². The highest BCUT2D eigenvalue weighted by Gasteiger charge is 2.31. The van der Waals surface area contributed by atoms with Gasteiger partial charge in [0.15, 0.2) is 0 Å². The lowest BCUT2D eigenvalue weighted by Gasteiger charge is -2.31. The van der Waals surface area contributed by atoms with E-state index in [1.807, 2.05) is 48.5 Å². The Morgan fingerprint density at radius 2 is 1.95 bits per heavy atom. The average molecular weight is 256 g/mol. The van der Waals surface area contributed by atoms with Crippen LogP contribution in [-0.4, -0.2) is 24.9 Å². The molecule has 0 bridgehead atoms. The molecule has 0 radical (unpaired) electrons. The Bertz CT molecular complexity index is 565. The Morgan fingerprint density at radius 1 is 1.16 bits per heavy atom. The summed E-state index contributed by atoms with van der Waals surface area (Å²) in [6, 6.07) is 15.7. The van der Waals surface area contributed by atoms with Crippen LogP contribution in [0.15, 0.2) is 48.5 Å². The Balaban J connectivity index is 2.10. The van der Waals surface area contributed by atoms with Gasteiger partial charge in [0.25, 0.3) is 0 Å². The van der Waals surface area contributed by atoms with Crippen molar-refractivity contribution in [3.63, 3.8) is 0 Å². The van der Waals surface area contributed by atoms with Crippen LogP contribution in [0.5, 0.6) is 11.5 Å². The summed E-state index contributed by atoms with van der Waals surface area (Å²) < 4.78 is 10.8. The van der Waals surface area contributed by atoms with Crippen molar-refractivity contribution < 1.29 is 14.6 Å². The van der Waals surface area contributed by atoms with Gasteiger partial charge >= 0.3 is 0 Å². The zero-order chi connectivity index (χ0) is 13.2. The number of rotatable bonds is 2. The van der Waals surface area contributed by atoms with Gasteiger partial charge in [-0.2, -0.15) is 0 Å². The highest BCUT2D eigenvalue weighted by molar-refractivity contribution is 5.48. The van der Waals surface area contributed by atoms with E-state index in [1.54, 1.807) is 7.11 Å². The van der Waals surface area contributed by atoms with E-state index in [-0.39, 0.29) is 5.92 Å². The molecule has 1 heterocycles. The summed E-state index contributed by atoms with van der Waals surface area (Å²) in [5, 5.41) is 10.3. The van der Waals surface area contributed by atoms with Crippen molar-refractivity contribution in [2.45, 2.75) is 12.0 Å². The van der Waals surface area contributed by atoms with Gasteiger partial charge in [0, 0.05) is 11.5 Å². The molecule has 0 spiro atoms. The van der Waals surface area contributed by atoms with Gasteiger partial charge in [-0.25, -0.2) is 0 Å². The molecule has 1 aliphatic heterocycles. The van der Waals surface area contributed by atoms with Crippen LogP contribution < -0.4 is 9.47 Å². The van der Waals surface area contributed by atoms with Crippen LogP contribution in [0.25, 0.3) is 0 Å². The fraction of sp³-hybridized carbons (Fsp3) is 0.250. The first kappa shape index (κ1) is 12.1. The van der Waals surface area contributed by atoms with Gasteiger partial charge in [0.05, 0.1) is 13.2 Å². The molecule has 98 valence electrons. The fourth-order valence-corrected chi connectivity index (χ4v) is 2.57. The first-order valence-corrected chi connectivity index (χ1v) is 6.33. The third-order valence-corrected chi connectivity index (χ3v) is 3.51. The van der Waals surface area contributed by atoms with E-state index in [0.29, 0.717) is 6.61 Å². The molecule has 0 amide bonds. The van der Waals surface area contributed by atoms with Gasteiger partial charge in [-0.1, -0.05) is 30.3 Å². The van der Waals surface area contributed by atoms with Crippen LogP contribution >= 0.6 is 0 Å². The third kappa shape index (κ3) is 2.17. The van der Waals surface area contributed by atoms with E-state index in [0.717, 1.165) is 22.6 Å². The summed E-state index contributed by atoms with van der Waals surface area (Å²) in [7, 11) is 1.64. The maximum atomic E-state index is 10.3. The molecular formula is C16H16O3. The molecule has 0 fully saturated rings. The quantitative estimate of drug-likeness (QED) is 0.897. The molecule has 1 N–H and O–H groups in total. The highest BCUT2D eigenvalue weighted by atomic mass is 16.5. The van der Waals surface area contributed by atoms with Crippen molar-refractivity contribution in [3.05, 3.63) is 59.7 Å². The molecule has 2 aromatic carbocycles. The lowest BCUT2D eigenvalue weighted by Crippen LogP contribution is -2.31. The van der Waals surface area contributed by atoms with Crippen molar-refractivity contribution in [1.82, 2.24) is 0 Å². The second-order valence-corrected chi connectivity index (χ2v) is 4.67. The zero-order valence-electron chi connectivity index (χ0n) is 10.7. The number of ether oxygens (including phenoxy) is 2. The number of aliphatic hydroxyl groups excluding tert-OH is 1. The zero-order valence-corrected chi connectivity index (χ0v) is 10.7. The number of hydrogen-bond acceptors (Lipinski definition) is 3. The van der Waals surface area contributed by atoms with Gasteiger partial charge < -0.3 is 14.6 Å². The first-order valence-electron chi connectivity index (χ1n) is 6.33. The SMILES string of the molecule is COc1ccc2c(c1)[C@H](c1ccccc1)[C@@H](O)CO2. The van der Waals surface area contributed by atoms with Crippen LogP contribution in [0.2, 0.25) is 0 Å². The van der Waals surface area contributed by atoms with Gasteiger partial charge in [-0.3, -0.25) is 0 Å². The van der Waals surface area contributed by atoms with E-state index < -0.39 is 6.10 Å². The van der Waals surface area contributed by atoms with E-state index in [9.17, 15) is 5.11 Å². The monoisotopic (exact) mass is 256 g/mol. The van der Waals surface area contributed by atoms with Crippen LogP contribution in [0, 0.1) is 0 Å². The van der Waals surface area contributed by atoms with Gasteiger partial charge in [0.1, 0.15) is 18.1 Å². The second kappa shape index (κ2) is 4.94. The van der Waals surface area contributed by atoms with Crippen molar-refractivity contribution >= 4 is 0 Å². The summed E-state index contributed by atoms with van der Waals surface area (Å²) in [4.78, 5) is 0. The molecule has 0 unspecified atom stereocenters. The summed E-state index contributed by atoms with van der Waals surface area (Å²) in [6.07, 6.45) is -0.540. The third-order valence-electron chi connectivity index (χ3n) is 3.51. The minimum atomic E-state index is -0.540. The maximum absolute atomic E-state index is 10.3. The predicted molar refractivity (Wildman–Crippen MR) is 72.8 cm³/mol. The normalized spacial score (nSPS) is 21.4. The van der Waals surface area contributed by atoms with E-state index in [1.165, 1.54) is 0 Å². The van der Waals surface area contributed by atoms with Crippen molar-refractivity contribution in [1.29, 1.82) is 0 Å². The number of benzene rings is 2. The molecule has 3 nitrogen and oxygen atoms in total. The molecule has 0 aromatic heterocycles. The molecule has 19 heavy (non-hydrogen) atoms. The Hall–Kier alpha value is -2.00. The van der Waals surface area contributed by atoms with Crippen LogP contribution in [0.4, 0.5) is 0 Å². The molecule has 3 heteroatoms. The standard InChI is InChI=1S/C16H16O3/c1-18-12-7-8-15-13(9-12)16(14(17)10-19-15)11-5-3-2-4-6-11/h2-9,14,16-17H,10H2,1H3/t14-,16-/m0/s1. The van der Waals surface area contributed by atoms with Crippen LogP contribution in [0.3, 0.4) is 0 Å². The summed E-state index contributed by atoms with van der Waals surface area (Å²) >= 11 is 0.